The lowest BCUT2D eigenvalue weighted by Crippen LogP contribution is -2.50. The van der Waals surface area contributed by atoms with Gasteiger partial charge in [-0.15, -0.1) is 0 Å². The second-order valence-corrected chi connectivity index (χ2v) is 6.27. The molecule has 0 saturated heterocycles. The number of carbonyl (C=O) groups is 1. The zero-order valence-corrected chi connectivity index (χ0v) is 10.7. The van der Waals surface area contributed by atoms with E-state index in [2.05, 4.69) is 20.8 Å². The van der Waals surface area contributed by atoms with Gasteiger partial charge in [-0.2, -0.15) is 0 Å². The molecular formula is C14H24O2. The molecule has 2 aliphatic carbocycles. The average molecular weight is 224 g/mol. The first-order valence-electron chi connectivity index (χ1n) is 6.67. The number of hydrogen-bond donors (Lipinski definition) is 0. The van der Waals surface area contributed by atoms with Crippen LogP contribution in [0.5, 0.6) is 0 Å². The molecule has 2 rings (SSSR count). The Labute approximate surface area is 98.7 Å². The Morgan fingerprint density at radius 1 is 1.25 bits per heavy atom. The van der Waals surface area contributed by atoms with Gasteiger partial charge in [-0.3, -0.25) is 4.79 Å². The second kappa shape index (κ2) is 4.38. The Bertz CT molecular complexity index is 263. The van der Waals surface area contributed by atoms with E-state index in [0.717, 1.165) is 24.2 Å². The summed E-state index contributed by atoms with van der Waals surface area (Å²) in [6.45, 7) is 7.73. The van der Waals surface area contributed by atoms with E-state index in [-0.39, 0.29) is 11.5 Å². The van der Waals surface area contributed by atoms with Crippen LogP contribution in [0.1, 0.15) is 52.9 Å². The molecule has 5 unspecified atom stereocenters. The fraction of sp³-hybridized carbons (Fsp3) is 0.929. The Kier molecular flexibility index (Phi) is 3.27. The predicted octanol–water partition coefficient (Wildman–Crippen LogP) is 3.40. The lowest BCUT2D eigenvalue weighted by Gasteiger charge is -2.53. The van der Waals surface area contributed by atoms with Gasteiger partial charge in [-0.25, -0.2) is 0 Å². The van der Waals surface area contributed by atoms with Gasteiger partial charge in [-0.05, 0) is 43.4 Å². The van der Waals surface area contributed by atoms with E-state index in [1.807, 2.05) is 0 Å². The molecular weight excluding hydrogens is 200 g/mol. The predicted molar refractivity (Wildman–Crippen MR) is 63.9 cm³/mol. The van der Waals surface area contributed by atoms with Crippen molar-refractivity contribution in [3.63, 3.8) is 0 Å². The summed E-state index contributed by atoms with van der Waals surface area (Å²) in [6.07, 6.45) is 6.27. The number of carbonyl (C=O) groups excluding carboxylic acids is 1. The Morgan fingerprint density at radius 3 is 2.69 bits per heavy atom. The van der Waals surface area contributed by atoms with Crippen molar-refractivity contribution < 1.29 is 9.53 Å². The molecule has 0 bridgehead atoms. The molecule has 2 heteroatoms. The summed E-state index contributed by atoms with van der Waals surface area (Å²) in [6, 6.07) is 0. The maximum atomic E-state index is 10.6. The molecule has 0 spiro atoms. The molecule has 0 aromatic rings. The highest BCUT2D eigenvalue weighted by Crippen LogP contribution is 2.54. The van der Waals surface area contributed by atoms with Crippen LogP contribution in [0.3, 0.4) is 0 Å². The third-order valence-corrected chi connectivity index (χ3v) is 5.21. The van der Waals surface area contributed by atoms with Crippen LogP contribution in [0, 0.1) is 23.2 Å². The van der Waals surface area contributed by atoms with Gasteiger partial charge in [0.1, 0.15) is 6.10 Å². The molecule has 0 radical (unpaired) electrons. The van der Waals surface area contributed by atoms with Crippen LogP contribution >= 0.6 is 0 Å². The third kappa shape index (κ3) is 1.87. The van der Waals surface area contributed by atoms with E-state index in [9.17, 15) is 4.79 Å². The monoisotopic (exact) mass is 224 g/mol. The first kappa shape index (κ1) is 11.9. The lowest BCUT2D eigenvalue weighted by molar-refractivity contribution is -0.156. The van der Waals surface area contributed by atoms with Crippen molar-refractivity contribution in [2.75, 3.05) is 0 Å². The summed E-state index contributed by atoms with van der Waals surface area (Å²) in [4.78, 5) is 10.6. The number of fused-ring (bicyclic) bond motifs is 1. The Morgan fingerprint density at radius 2 is 2.00 bits per heavy atom. The molecule has 2 fully saturated rings. The Hall–Kier alpha value is -0.530. The summed E-state index contributed by atoms with van der Waals surface area (Å²) in [5.41, 5.74) is 0.241. The van der Waals surface area contributed by atoms with E-state index in [1.54, 1.807) is 0 Å². The SMILES string of the molecule is CC1CCC2(C)C(OC=O)CCC(C)C2C1. The first-order chi connectivity index (χ1) is 7.58. The smallest absolute Gasteiger partial charge is 0.293 e. The highest BCUT2D eigenvalue weighted by Gasteiger charge is 2.50. The zero-order valence-electron chi connectivity index (χ0n) is 10.7. The maximum absolute atomic E-state index is 10.6. The number of hydrogen-bond acceptors (Lipinski definition) is 2. The van der Waals surface area contributed by atoms with Crippen molar-refractivity contribution >= 4 is 6.47 Å². The molecule has 2 aliphatic rings. The van der Waals surface area contributed by atoms with Crippen LogP contribution in [0.25, 0.3) is 0 Å². The minimum absolute atomic E-state index is 0.165. The van der Waals surface area contributed by atoms with Crippen molar-refractivity contribution in [3.05, 3.63) is 0 Å². The van der Waals surface area contributed by atoms with Crippen molar-refractivity contribution in [3.8, 4) is 0 Å². The van der Waals surface area contributed by atoms with E-state index in [0.29, 0.717) is 6.47 Å². The standard InChI is InChI=1S/C14H24O2/c1-10-6-7-14(3)12(8-10)11(2)4-5-13(14)16-9-15/h9-13H,4-8H2,1-3H3. The van der Waals surface area contributed by atoms with Crippen LogP contribution in [-0.4, -0.2) is 12.6 Å². The molecule has 0 N–H and O–H groups in total. The molecule has 5 atom stereocenters. The van der Waals surface area contributed by atoms with E-state index in [1.165, 1.54) is 25.7 Å². The van der Waals surface area contributed by atoms with Crippen molar-refractivity contribution in [1.82, 2.24) is 0 Å². The topological polar surface area (TPSA) is 26.3 Å². The maximum Gasteiger partial charge on any atom is 0.293 e. The molecule has 2 nitrogen and oxygen atoms in total. The molecule has 0 aliphatic heterocycles. The van der Waals surface area contributed by atoms with Crippen LogP contribution in [0.15, 0.2) is 0 Å². The molecule has 0 aromatic carbocycles. The highest BCUT2D eigenvalue weighted by molar-refractivity contribution is 5.37. The van der Waals surface area contributed by atoms with Gasteiger partial charge in [0, 0.05) is 5.41 Å². The normalized spacial score (nSPS) is 48.2. The summed E-state index contributed by atoms with van der Waals surface area (Å²) in [5, 5.41) is 0. The van der Waals surface area contributed by atoms with Gasteiger partial charge in [0.05, 0.1) is 0 Å². The highest BCUT2D eigenvalue weighted by atomic mass is 16.5. The second-order valence-electron chi connectivity index (χ2n) is 6.27. The number of rotatable bonds is 2. The third-order valence-electron chi connectivity index (χ3n) is 5.21. The van der Waals surface area contributed by atoms with Crippen LogP contribution in [0.4, 0.5) is 0 Å². The minimum atomic E-state index is 0.165. The quantitative estimate of drug-likeness (QED) is 0.672. The first-order valence-corrected chi connectivity index (χ1v) is 6.67. The van der Waals surface area contributed by atoms with E-state index in [4.69, 9.17) is 4.74 Å². The lowest BCUT2D eigenvalue weighted by atomic mass is 9.54. The minimum Gasteiger partial charge on any atom is -0.464 e. The average Bonchev–Trinajstić information content (AvgIpc) is 2.26. The Balaban J connectivity index is 2.19. The fourth-order valence-corrected chi connectivity index (χ4v) is 4.08. The van der Waals surface area contributed by atoms with Crippen molar-refractivity contribution in [2.45, 2.75) is 59.0 Å². The summed E-state index contributed by atoms with van der Waals surface area (Å²) in [5.74, 6) is 2.38. The van der Waals surface area contributed by atoms with Crippen LogP contribution < -0.4 is 0 Å². The van der Waals surface area contributed by atoms with Gasteiger partial charge in [0.2, 0.25) is 0 Å². The van der Waals surface area contributed by atoms with Crippen molar-refractivity contribution in [2.24, 2.45) is 23.2 Å². The molecule has 16 heavy (non-hydrogen) atoms. The van der Waals surface area contributed by atoms with Crippen molar-refractivity contribution in [1.29, 1.82) is 0 Å². The van der Waals surface area contributed by atoms with Crippen LogP contribution in [0.2, 0.25) is 0 Å². The van der Waals surface area contributed by atoms with Gasteiger partial charge < -0.3 is 4.74 Å². The fourth-order valence-electron chi connectivity index (χ4n) is 4.08. The summed E-state index contributed by atoms with van der Waals surface area (Å²) < 4.78 is 5.36. The van der Waals surface area contributed by atoms with Gasteiger partial charge in [0.15, 0.2) is 0 Å². The van der Waals surface area contributed by atoms with E-state index < -0.39 is 0 Å². The number of ether oxygens (including phenoxy) is 1. The van der Waals surface area contributed by atoms with Crippen LogP contribution in [-0.2, 0) is 9.53 Å². The largest absolute Gasteiger partial charge is 0.464 e. The zero-order chi connectivity index (χ0) is 11.8. The van der Waals surface area contributed by atoms with Gasteiger partial charge >= 0.3 is 0 Å². The van der Waals surface area contributed by atoms with E-state index >= 15 is 0 Å². The molecule has 0 amide bonds. The molecule has 0 aromatic heterocycles. The van der Waals surface area contributed by atoms with Gasteiger partial charge in [-0.1, -0.05) is 27.2 Å². The molecule has 0 heterocycles. The summed E-state index contributed by atoms with van der Waals surface area (Å²) in [7, 11) is 0. The molecule has 2 saturated carbocycles. The summed E-state index contributed by atoms with van der Waals surface area (Å²) >= 11 is 0. The van der Waals surface area contributed by atoms with Gasteiger partial charge in [0.25, 0.3) is 6.47 Å². The molecule has 92 valence electrons.